The molecule has 2 atom stereocenters. The van der Waals surface area contributed by atoms with E-state index in [9.17, 15) is 4.79 Å². The van der Waals surface area contributed by atoms with Crippen LogP contribution in [0.3, 0.4) is 0 Å². The molecule has 0 unspecified atom stereocenters. The van der Waals surface area contributed by atoms with Crippen LogP contribution in [0.4, 0.5) is 5.69 Å². The van der Waals surface area contributed by atoms with E-state index in [0.29, 0.717) is 0 Å². The monoisotopic (exact) mass is 297 g/mol. The number of morpholine rings is 1. The minimum absolute atomic E-state index is 0.192. The third kappa shape index (κ3) is 2.87. The minimum atomic E-state index is 0.192. The lowest BCUT2D eigenvalue weighted by molar-refractivity contribution is -0.00525. The molecule has 1 aliphatic heterocycles. The SMILES string of the molecule is C[C@@H]1CN(c2cc(Br)ccc2C=O)C[C@H](C)O1. The molecule has 1 aromatic carbocycles. The summed E-state index contributed by atoms with van der Waals surface area (Å²) in [6.45, 7) is 5.76. The number of aldehydes is 1. The van der Waals surface area contributed by atoms with Crippen LogP contribution in [0.2, 0.25) is 0 Å². The maximum Gasteiger partial charge on any atom is 0.152 e. The number of nitrogens with zero attached hydrogens (tertiary/aromatic N) is 1. The third-order valence-electron chi connectivity index (χ3n) is 2.88. The molecule has 0 aromatic heterocycles. The van der Waals surface area contributed by atoms with Gasteiger partial charge in [0.05, 0.1) is 12.2 Å². The molecular formula is C13H16BrNO2. The summed E-state index contributed by atoms with van der Waals surface area (Å²) in [5, 5.41) is 0. The van der Waals surface area contributed by atoms with E-state index in [1.807, 2.05) is 18.2 Å². The molecule has 0 spiro atoms. The summed E-state index contributed by atoms with van der Waals surface area (Å²) >= 11 is 3.45. The lowest BCUT2D eigenvalue weighted by atomic mass is 10.1. The van der Waals surface area contributed by atoms with E-state index in [1.165, 1.54) is 0 Å². The van der Waals surface area contributed by atoms with Crippen molar-refractivity contribution in [1.29, 1.82) is 0 Å². The number of carbonyl (C=O) groups is 1. The van der Waals surface area contributed by atoms with Gasteiger partial charge in [0.25, 0.3) is 0 Å². The molecule has 4 heteroatoms. The zero-order chi connectivity index (χ0) is 12.4. The summed E-state index contributed by atoms with van der Waals surface area (Å²) in [4.78, 5) is 13.3. The summed E-state index contributed by atoms with van der Waals surface area (Å²) in [7, 11) is 0. The highest BCUT2D eigenvalue weighted by Gasteiger charge is 2.23. The summed E-state index contributed by atoms with van der Waals surface area (Å²) in [6.07, 6.45) is 1.29. The van der Waals surface area contributed by atoms with Crippen LogP contribution >= 0.6 is 15.9 Å². The van der Waals surface area contributed by atoms with Crippen LogP contribution in [-0.4, -0.2) is 31.6 Å². The first-order valence-electron chi connectivity index (χ1n) is 5.75. The molecule has 0 radical (unpaired) electrons. The van der Waals surface area contributed by atoms with Gasteiger partial charge in [0, 0.05) is 28.8 Å². The van der Waals surface area contributed by atoms with Gasteiger partial charge in [-0.05, 0) is 32.0 Å². The van der Waals surface area contributed by atoms with Crippen LogP contribution < -0.4 is 4.90 Å². The van der Waals surface area contributed by atoms with Crippen molar-refractivity contribution in [2.45, 2.75) is 26.1 Å². The van der Waals surface area contributed by atoms with Crippen LogP contribution in [0, 0.1) is 0 Å². The average Bonchev–Trinajstić information content (AvgIpc) is 2.27. The number of hydrogen-bond acceptors (Lipinski definition) is 3. The average molecular weight is 298 g/mol. The molecule has 0 N–H and O–H groups in total. The van der Waals surface area contributed by atoms with Gasteiger partial charge in [-0.25, -0.2) is 0 Å². The Morgan fingerprint density at radius 2 is 2.00 bits per heavy atom. The fourth-order valence-corrected chi connectivity index (χ4v) is 2.61. The number of benzene rings is 1. The Balaban J connectivity index is 2.31. The van der Waals surface area contributed by atoms with Gasteiger partial charge in [0.2, 0.25) is 0 Å². The zero-order valence-electron chi connectivity index (χ0n) is 10.0. The summed E-state index contributed by atoms with van der Waals surface area (Å²) in [5.74, 6) is 0. The quantitative estimate of drug-likeness (QED) is 0.786. The van der Waals surface area contributed by atoms with Crippen molar-refractivity contribution < 1.29 is 9.53 Å². The Morgan fingerprint density at radius 1 is 1.35 bits per heavy atom. The predicted octanol–water partition coefficient (Wildman–Crippen LogP) is 2.88. The molecule has 1 saturated heterocycles. The first-order valence-corrected chi connectivity index (χ1v) is 6.54. The lowest BCUT2D eigenvalue weighted by Gasteiger charge is -2.37. The van der Waals surface area contributed by atoms with E-state index in [1.54, 1.807) is 0 Å². The van der Waals surface area contributed by atoms with Crippen molar-refractivity contribution in [3.05, 3.63) is 28.2 Å². The van der Waals surface area contributed by atoms with Gasteiger partial charge < -0.3 is 9.64 Å². The van der Waals surface area contributed by atoms with Crippen molar-refractivity contribution >= 4 is 27.9 Å². The lowest BCUT2D eigenvalue weighted by Crippen LogP contribution is -2.45. The van der Waals surface area contributed by atoms with Crippen molar-refractivity contribution in [2.24, 2.45) is 0 Å². The Kier molecular flexibility index (Phi) is 3.84. The van der Waals surface area contributed by atoms with Gasteiger partial charge in [-0.3, -0.25) is 4.79 Å². The Morgan fingerprint density at radius 3 is 2.59 bits per heavy atom. The Labute approximate surface area is 110 Å². The van der Waals surface area contributed by atoms with E-state index in [0.717, 1.165) is 35.1 Å². The molecule has 17 heavy (non-hydrogen) atoms. The number of rotatable bonds is 2. The standard InChI is InChI=1S/C13H16BrNO2/c1-9-6-15(7-10(2)17-9)13-5-12(14)4-3-11(13)8-16/h3-5,8-10H,6-7H2,1-2H3/t9-,10+. The molecule has 1 heterocycles. The molecule has 0 saturated carbocycles. The maximum atomic E-state index is 11.1. The number of hydrogen-bond donors (Lipinski definition) is 0. The first-order chi connectivity index (χ1) is 8.10. The van der Waals surface area contributed by atoms with Crippen molar-refractivity contribution in [3.63, 3.8) is 0 Å². The van der Waals surface area contributed by atoms with Crippen LogP contribution in [0.25, 0.3) is 0 Å². The zero-order valence-corrected chi connectivity index (χ0v) is 11.6. The van der Waals surface area contributed by atoms with Gasteiger partial charge in [-0.1, -0.05) is 15.9 Å². The van der Waals surface area contributed by atoms with Gasteiger partial charge in [-0.15, -0.1) is 0 Å². The molecule has 3 nitrogen and oxygen atoms in total. The van der Waals surface area contributed by atoms with Gasteiger partial charge >= 0.3 is 0 Å². The number of ether oxygens (including phenoxy) is 1. The summed E-state index contributed by atoms with van der Waals surface area (Å²) < 4.78 is 6.69. The highest BCUT2D eigenvalue weighted by atomic mass is 79.9. The molecule has 1 aliphatic rings. The molecule has 92 valence electrons. The maximum absolute atomic E-state index is 11.1. The second-order valence-electron chi connectivity index (χ2n) is 4.48. The molecule has 0 bridgehead atoms. The smallest absolute Gasteiger partial charge is 0.152 e. The van der Waals surface area contributed by atoms with Crippen molar-refractivity contribution in [3.8, 4) is 0 Å². The van der Waals surface area contributed by atoms with Gasteiger partial charge in [-0.2, -0.15) is 0 Å². The molecule has 1 aromatic rings. The number of halogens is 1. The van der Waals surface area contributed by atoms with E-state index < -0.39 is 0 Å². The molecular weight excluding hydrogens is 282 g/mol. The summed E-state index contributed by atoms with van der Waals surface area (Å²) in [6, 6.07) is 5.73. The van der Waals surface area contributed by atoms with E-state index in [2.05, 4.69) is 34.7 Å². The minimum Gasteiger partial charge on any atom is -0.372 e. The Hall–Kier alpha value is -0.870. The van der Waals surface area contributed by atoms with E-state index in [4.69, 9.17) is 4.74 Å². The van der Waals surface area contributed by atoms with Crippen molar-refractivity contribution in [2.75, 3.05) is 18.0 Å². The van der Waals surface area contributed by atoms with Gasteiger partial charge in [0.1, 0.15) is 0 Å². The fourth-order valence-electron chi connectivity index (χ4n) is 2.26. The second kappa shape index (κ2) is 5.19. The van der Waals surface area contributed by atoms with Gasteiger partial charge in [0.15, 0.2) is 6.29 Å². The first kappa shape index (κ1) is 12.6. The predicted molar refractivity (Wildman–Crippen MR) is 71.8 cm³/mol. The Bertz CT molecular complexity index is 412. The van der Waals surface area contributed by atoms with Crippen molar-refractivity contribution in [1.82, 2.24) is 0 Å². The summed E-state index contributed by atoms with van der Waals surface area (Å²) in [5.41, 5.74) is 1.71. The van der Waals surface area contributed by atoms with Crippen LogP contribution in [0.15, 0.2) is 22.7 Å². The fraction of sp³-hybridized carbons (Fsp3) is 0.462. The second-order valence-corrected chi connectivity index (χ2v) is 5.40. The highest BCUT2D eigenvalue weighted by molar-refractivity contribution is 9.10. The van der Waals surface area contributed by atoms with Crippen LogP contribution in [0.1, 0.15) is 24.2 Å². The van der Waals surface area contributed by atoms with Crippen LogP contribution in [-0.2, 0) is 4.74 Å². The normalized spacial score (nSPS) is 24.8. The van der Waals surface area contributed by atoms with E-state index >= 15 is 0 Å². The largest absolute Gasteiger partial charge is 0.372 e. The molecule has 2 rings (SSSR count). The number of carbonyl (C=O) groups excluding carboxylic acids is 1. The van der Waals surface area contributed by atoms with E-state index in [-0.39, 0.29) is 12.2 Å². The molecule has 0 aliphatic carbocycles. The molecule has 0 amide bonds. The molecule has 1 fully saturated rings. The van der Waals surface area contributed by atoms with Crippen LogP contribution in [0.5, 0.6) is 0 Å². The number of anilines is 1. The third-order valence-corrected chi connectivity index (χ3v) is 3.37. The topological polar surface area (TPSA) is 29.5 Å². The highest BCUT2D eigenvalue weighted by Crippen LogP contribution is 2.26.